The minimum atomic E-state index is -0.136. The van der Waals surface area contributed by atoms with Crippen LogP contribution < -0.4 is 4.74 Å². The molecule has 0 spiro atoms. The van der Waals surface area contributed by atoms with Crippen LogP contribution in [0.2, 0.25) is 5.02 Å². The molecule has 9 heteroatoms. The Morgan fingerprint density at radius 2 is 1.87 bits per heavy atom. The fraction of sp³-hybridized carbons (Fsp3) is 0.500. The van der Waals surface area contributed by atoms with Crippen molar-refractivity contribution < 1.29 is 14.3 Å². The third-order valence-electron chi connectivity index (χ3n) is 5.99. The number of nitrogens with zero attached hydrogens (tertiary/aromatic N) is 4. The zero-order chi connectivity index (χ0) is 21.8. The van der Waals surface area contributed by atoms with Crippen molar-refractivity contribution >= 4 is 34.8 Å². The highest BCUT2D eigenvalue weighted by Gasteiger charge is 2.36. The topological polar surface area (TPSA) is 66.0 Å². The van der Waals surface area contributed by atoms with Crippen LogP contribution in [-0.2, 0) is 4.79 Å². The third kappa shape index (κ3) is 5.56. The fourth-order valence-electron chi connectivity index (χ4n) is 4.12. The second-order valence-corrected chi connectivity index (χ2v) is 9.49. The van der Waals surface area contributed by atoms with Gasteiger partial charge in [0.15, 0.2) is 0 Å². The molecule has 7 nitrogen and oxygen atoms in total. The molecule has 0 radical (unpaired) electrons. The van der Waals surface area contributed by atoms with Crippen LogP contribution in [0, 0.1) is 5.92 Å². The number of likely N-dealkylation sites (N-methyl/N-ethyl adjacent to an activating group) is 1. The summed E-state index contributed by atoms with van der Waals surface area (Å²) in [6.45, 7) is 4.35. The van der Waals surface area contributed by atoms with Gasteiger partial charge in [0.1, 0.15) is 16.7 Å². The lowest BCUT2D eigenvalue weighted by Crippen LogP contribution is -2.51. The van der Waals surface area contributed by atoms with Crippen molar-refractivity contribution in [1.82, 2.24) is 19.7 Å². The first-order chi connectivity index (χ1) is 15.0. The Morgan fingerprint density at radius 1 is 1.13 bits per heavy atom. The molecule has 0 aliphatic carbocycles. The van der Waals surface area contributed by atoms with E-state index >= 15 is 0 Å². The van der Waals surface area contributed by atoms with Crippen LogP contribution in [0.4, 0.5) is 0 Å². The Bertz CT molecular complexity index is 885. The first-order valence-electron chi connectivity index (χ1n) is 10.6. The molecule has 2 fully saturated rings. The molecule has 2 aromatic rings. The number of ether oxygens (including phenoxy) is 1. The first kappa shape index (κ1) is 22.0. The predicted octanol–water partition coefficient (Wildman–Crippen LogP) is 2.87. The number of hydrogen-bond donors (Lipinski definition) is 0. The number of hydrogen-bond acceptors (Lipinski definition) is 6. The lowest BCUT2D eigenvalue weighted by molar-refractivity contribution is -0.135. The number of amides is 2. The second-order valence-electron chi connectivity index (χ2n) is 8.16. The number of carbonyl (C=O) groups excluding carboxylic acids is 2. The Kier molecular flexibility index (Phi) is 7.09. The Balaban J connectivity index is 1.46. The van der Waals surface area contributed by atoms with E-state index in [0.717, 1.165) is 31.9 Å². The molecule has 31 heavy (non-hydrogen) atoms. The van der Waals surface area contributed by atoms with E-state index in [1.165, 1.54) is 11.3 Å². The van der Waals surface area contributed by atoms with E-state index in [0.29, 0.717) is 35.8 Å². The van der Waals surface area contributed by atoms with Gasteiger partial charge in [-0.05, 0) is 31.3 Å². The van der Waals surface area contributed by atoms with Gasteiger partial charge in [0, 0.05) is 63.1 Å². The van der Waals surface area contributed by atoms with E-state index in [9.17, 15) is 9.59 Å². The van der Waals surface area contributed by atoms with Gasteiger partial charge in [-0.2, -0.15) is 0 Å². The van der Waals surface area contributed by atoms with Crippen molar-refractivity contribution in [2.75, 3.05) is 46.3 Å². The summed E-state index contributed by atoms with van der Waals surface area (Å²) in [7, 11) is 2.07. The average Bonchev–Trinajstić information content (AvgIpc) is 3.31. The van der Waals surface area contributed by atoms with E-state index in [4.69, 9.17) is 16.3 Å². The normalized spacial score (nSPS) is 22.4. The van der Waals surface area contributed by atoms with Gasteiger partial charge in [0.05, 0.1) is 11.7 Å². The lowest BCUT2D eigenvalue weighted by atomic mass is 9.90. The number of thiazole rings is 1. The summed E-state index contributed by atoms with van der Waals surface area (Å²) in [5.74, 6) is 0.765. The highest BCUT2D eigenvalue weighted by Crippen LogP contribution is 2.28. The Hall–Kier alpha value is -2.16. The van der Waals surface area contributed by atoms with E-state index in [1.807, 2.05) is 21.9 Å². The molecule has 0 N–H and O–H groups in total. The molecule has 0 unspecified atom stereocenters. The van der Waals surface area contributed by atoms with E-state index in [2.05, 4.69) is 16.9 Å². The largest absolute Gasteiger partial charge is 0.490 e. The van der Waals surface area contributed by atoms with Crippen molar-refractivity contribution in [1.29, 1.82) is 0 Å². The van der Waals surface area contributed by atoms with Gasteiger partial charge >= 0.3 is 0 Å². The molecular weight excluding hydrogens is 436 g/mol. The number of carbonyl (C=O) groups is 2. The van der Waals surface area contributed by atoms with Crippen LogP contribution in [0.1, 0.15) is 22.5 Å². The maximum absolute atomic E-state index is 13.0. The minimum Gasteiger partial charge on any atom is -0.490 e. The van der Waals surface area contributed by atoms with Gasteiger partial charge < -0.3 is 19.4 Å². The van der Waals surface area contributed by atoms with Crippen LogP contribution in [0.15, 0.2) is 36.0 Å². The van der Waals surface area contributed by atoms with Crippen LogP contribution >= 0.6 is 22.9 Å². The maximum atomic E-state index is 13.0. The van der Waals surface area contributed by atoms with Crippen LogP contribution in [-0.4, -0.2) is 83.9 Å². The predicted molar refractivity (Wildman–Crippen MR) is 121 cm³/mol. The van der Waals surface area contributed by atoms with Crippen molar-refractivity contribution in [3.05, 3.63) is 45.9 Å². The standard InChI is InChI=1S/C22H27ClN4O3S/c1-25-8-10-26(11-9-25)21(28)12-16-14-27(22(29)20-13-24-15-31-20)7-6-19(16)30-18-4-2-17(23)3-5-18/h2-5,13,15-16,19H,6-12,14H2,1H3/t16-,19-/m0/s1. The van der Waals surface area contributed by atoms with E-state index in [-0.39, 0.29) is 23.8 Å². The zero-order valence-electron chi connectivity index (χ0n) is 17.6. The molecule has 4 rings (SSSR count). The molecule has 1 aromatic heterocycles. The summed E-state index contributed by atoms with van der Waals surface area (Å²) in [6.07, 6.45) is 2.51. The van der Waals surface area contributed by atoms with Crippen LogP contribution in [0.25, 0.3) is 0 Å². The molecule has 2 amide bonds. The first-order valence-corrected chi connectivity index (χ1v) is 11.8. The number of aromatic nitrogens is 1. The third-order valence-corrected chi connectivity index (χ3v) is 7.00. The second kappa shape index (κ2) is 9.97. The van der Waals surface area contributed by atoms with Gasteiger partial charge in [-0.25, -0.2) is 0 Å². The van der Waals surface area contributed by atoms with Crippen LogP contribution in [0.3, 0.4) is 0 Å². The summed E-state index contributed by atoms with van der Waals surface area (Å²) in [5, 5.41) is 0.652. The molecule has 2 saturated heterocycles. The molecule has 0 saturated carbocycles. The monoisotopic (exact) mass is 462 g/mol. The Labute approximate surface area is 191 Å². The number of rotatable bonds is 5. The van der Waals surface area contributed by atoms with Gasteiger partial charge in [-0.15, -0.1) is 11.3 Å². The zero-order valence-corrected chi connectivity index (χ0v) is 19.1. The molecular formula is C22H27ClN4O3S. The molecule has 2 atom stereocenters. The van der Waals surface area contributed by atoms with Gasteiger partial charge in [-0.3, -0.25) is 14.6 Å². The highest BCUT2D eigenvalue weighted by atomic mass is 35.5. The quantitative estimate of drug-likeness (QED) is 0.683. The van der Waals surface area contributed by atoms with Gasteiger partial charge in [0.2, 0.25) is 5.91 Å². The lowest BCUT2D eigenvalue weighted by Gasteiger charge is -2.39. The minimum absolute atomic E-state index is 0.0236. The van der Waals surface area contributed by atoms with Crippen LogP contribution in [0.5, 0.6) is 5.75 Å². The molecule has 2 aliphatic heterocycles. The van der Waals surface area contributed by atoms with Crippen molar-refractivity contribution in [2.45, 2.75) is 18.9 Å². The SMILES string of the molecule is CN1CCN(C(=O)C[C@H]2CN(C(=O)c3cncs3)CC[C@@H]2Oc2ccc(Cl)cc2)CC1. The maximum Gasteiger partial charge on any atom is 0.265 e. The fourth-order valence-corrected chi connectivity index (χ4v) is 4.83. The van der Waals surface area contributed by atoms with E-state index in [1.54, 1.807) is 23.8 Å². The van der Waals surface area contributed by atoms with E-state index < -0.39 is 0 Å². The number of halogens is 1. The van der Waals surface area contributed by atoms with Gasteiger partial charge in [-0.1, -0.05) is 11.6 Å². The highest BCUT2D eigenvalue weighted by molar-refractivity contribution is 7.11. The van der Waals surface area contributed by atoms with Crippen molar-refractivity contribution in [3.8, 4) is 5.75 Å². The summed E-state index contributed by atoms with van der Waals surface area (Å²) in [5.41, 5.74) is 1.66. The number of benzene rings is 1. The molecule has 1 aromatic carbocycles. The summed E-state index contributed by atoms with van der Waals surface area (Å²) >= 11 is 7.34. The van der Waals surface area contributed by atoms with Gasteiger partial charge in [0.25, 0.3) is 5.91 Å². The Morgan fingerprint density at radius 3 is 2.55 bits per heavy atom. The molecule has 3 heterocycles. The molecule has 166 valence electrons. The van der Waals surface area contributed by atoms with Crippen molar-refractivity contribution in [3.63, 3.8) is 0 Å². The summed E-state index contributed by atoms with van der Waals surface area (Å²) < 4.78 is 6.26. The number of piperazine rings is 1. The summed E-state index contributed by atoms with van der Waals surface area (Å²) in [6, 6.07) is 7.28. The summed E-state index contributed by atoms with van der Waals surface area (Å²) in [4.78, 5) is 36.6. The van der Waals surface area contributed by atoms with Crippen molar-refractivity contribution in [2.24, 2.45) is 5.92 Å². The average molecular weight is 463 g/mol. The molecule has 0 bridgehead atoms. The number of piperidine rings is 1. The smallest absolute Gasteiger partial charge is 0.265 e. The number of likely N-dealkylation sites (tertiary alicyclic amines) is 1. The molecule has 2 aliphatic rings.